The third-order valence-electron chi connectivity index (χ3n) is 4.29. The zero-order valence-electron chi connectivity index (χ0n) is 12.5. The van der Waals surface area contributed by atoms with Gasteiger partial charge in [0.1, 0.15) is 5.75 Å². The van der Waals surface area contributed by atoms with E-state index in [1.807, 2.05) is 6.92 Å². The smallest absolute Gasteiger partial charge is 0.387 e. The Morgan fingerprint density at radius 1 is 1.45 bits per heavy atom. The minimum atomic E-state index is -2.85. The SMILES string of the molecule is CC1(CO)CCCC1NC(=O)Cc1ccc(OC(F)F)cc1. The van der Waals surface area contributed by atoms with Crippen LogP contribution in [-0.4, -0.2) is 30.3 Å². The Labute approximate surface area is 128 Å². The van der Waals surface area contributed by atoms with Gasteiger partial charge in [-0.2, -0.15) is 8.78 Å². The summed E-state index contributed by atoms with van der Waals surface area (Å²) >= 11 is 0. The fraction of sp³-hybridized carbons (Fsp3) is 0.562. The molecule has 0 radical (unpaired) electrons. The predicted octanol–water partition coefficient (Wildman–Crippen LogP) is 2.50. The highest BCUT2D eigenvalue weighted by Gasteiger charge is 2.38. The van der Waals surface area contributed by atoms with Gasteiger partial charge in [-0.15, -0.1) is 0 Å². The summed E-state index contributed by atoms with van der Waals surface area (Å²) in [5.41, 5.74) is 0.466. The van der Waals surface area contributed by atoms with E-state index >= 15 is 0 Å². The summed E-state index contributed by atoms with van der Waals surface area (Å²) in [7, 11) is 0. The van der Waals surface area contributed by atoms with E-state index in [1.165, 1.54) is 12.1 Å². The van der Waals surface area contributed by atoms with E-state index in [0.717, 1.165) is 24.8 Å². The maximum Gasteiger partial charge on any atom is 0.387 e. The largest absolute Gasteiger partial charge is 0.435 e. The fourth-order valence-corrected chi connectivity index (χ4v) is 2.89. The van der Waals surface area contributed by atoms with Gasteiger partial charge in [-0.3, -0.25) is 4.79 Å². The summed E-state index contributed by atoms with van der Waals surface area (Å²) in [5.74, 6) is -0.0584. The summed E-state index contributed by atoms with van der Waals surface area (Å²) < 4.78 is 28.4. The zero-order chi connectivity index (χ0) is 16.2. The lowest BCUT2D eigenvalue weighted by atomic mass is 9.85. The highest BCUT2D eigenvalue weighted by atomic mass is 19.3. The van der Waals surface area contributed by atoms with Gasteiger partial charge in [-0.1, -0.05) is 25.5 Å². The molecule has 0 saturated heterocycles. The molecule has 2 N–H and O–H groups in total. The number of carbonyl (C=O) groups excluding carboxylic acids is 1. The topological polar surface area (TPSA) is 58.6 Å². The Kier molecular flexibility index (Phi) is 5.34. The normalized spacial score (nSPS) is 24.5. The highest BCUT2D eigenvalue weighted by Crippen LogP contribution is 2.37. The minimum absolute atomic E-state index is 0.0218. The number of hydrogen-bond acceptors (Lipinski definition) is 3. The van der Waals surface area contributed by atoms with E-state index in [4.69, 9.17) is 0 Å². The zero-order valence-corrected chi connectivity index (χ0v) is 12.5. The Balaban J connectivity index is 1.89. The molecular weight excluding hydrogens is 292 g/mol. The van der Waals surface area contributed by atoms with E-state index in [2.05, 4.69) is 10.1 Å². The predicted molar refractivity (Wildman–Crippen MR) is 77.8 cm³/mol. The number of benzene rings is 1. The number of amides is 1. The van der Waals surface area contributed by atoms with Crippen LogP contribution in [0.15, 0.2) is 24.3 Å². The summed E-state index contributed by atoms with van der Waals surface area (Å²) in [4.78, 5) is 12.1. The van der Waals surface area contributed by atoms with Crippen LogP contribution < -0.4 is 10.1 Å². The van der Waals surface area contributed by atoms with Crippen LogP contribution in [-0.2, 0) is 11.2 Å². The van der Waals surface area contributed by atoms with Crippen LogP contribution >= 0.6 is 0 Å². The number of halogens is 2. The first-order chi connectivity index (χ1) is 10.4. The molecule has 1 aromatic rings. The van der Waals surface area contributed by atoms with E-state index < -0.39 is 6.61 Å². The quantitative estimate of drug-likeness (QED) is 0.848. The molecule has 1 aliphatic rings. The van der Waals surface area contributed by atoms with Gasteiger partial charge in [0.15, 0.2) is 0 Å². The summed E-state index contributed by atoms with van der Waals surface area (Å²) in [5, 5.41) is 12.4. The Morgan fingerprint density at radius 3 is 2.73 bits per heavy atom. The van der Waals surface area contributed by atoms with Crippen molar-refractivity contribution < 1.29 is 23.4 Å². The molecule has 6 heteroatoms. The standard InChI is InChI=1S/C16H21F2NO3/c1-16(10-20)8-2-3-13(16)19-14(21)9-11-4-6-12(7-5-11)22-15(17)18/h4-7,13,15,20H,2-3,8-10H2,1H3,(H,19,21). The third-order valence-corrected chi connectivity index (χ3v) is 4.29. The number of carbonyl (C=O) groups is 1. The summed E-state index contributed by atoms with van der Waals surface area (Å²) in [6.45, 7) is -0.827. The second-order valence-corrected chi connectivity index (χ2v) is 6.02. The van der Waals surface area contributed by atoms with Crippen molar-refractivity contribution >= 4 is 5.91 Å². The number of aliphatic hydroxyl groups is 1. The van der Waals surface area contributed by atoms with Crippen molar-refractivity contribution in [2.75, 3.05) is 6.61 Å². The molecule has 2 rings (SSSR count). The van der Waals surface area contributed by atoms with E-state index in [-0.39, 0.29) is 36.1 Å². The van der Waals surface area contributed by atoms with Crippen LogP contribution in [0.25, 0.3) is 0 Å². The van der Waals surface area contributed by atoms with Gasteiger partial charge in [-0.05, 0) is 30.5 Å². The molecule has 0 aliphatic heterocycles. The van der Waals surface area contributed by atoms with Gasteiger partial charge in [0, 0.05) is 11.5 Å². The van der Waals surface area contributed by atoms with Crippen molar-refractivity contribution in [3.8, 4) is 5.75 Å². The van der Waals surface area contributed by atoms with Crippen molar-refractivity contribution in [1.82, 2.24) is 5.32 Å². The van der Waals surface area contributed by atoms with Gasteiger partial charge in [0.2, 0.25) is 5.91 Å². The van der Waals surface area contributed by atoms with Gasteiger partial charge in [-0.25, -0.2) is 0 Å². The molecule has 1 aromatic carbocycles. The Hall–Kier alpha value is -1.69. The molecule has 2 atom stereocenters. The second-order valence-electron chi connectivity index (χ2n) is 6.02. The van der Waals surface area contributed by atoms with Crippen LogP contribution in [0.2, 0.25) is 0 Å². The Morgan fingerprint density at radius 2 is 2.14 bits per heavy atom. The molecule has 0 aromatic heterocycles. The van der Waals surface area contributed by atoms with Crippen molar-refractivity contribution in [2.45, 2.75) is 45.3 Å². The lowest BCUT2D eigenvalue weighted by Gasteiger charge is -2.30. The summed E-state index contributed by atoms with van der Waals surface area (Å²) in [6, 6.07) is 6.00. The molecule has 0 spiro atoms. The monoisotopic (exact) mass is 313 g/mol. The Bertz CT molecular complexity index is 507. The number of ether oxygens (including phenoxy) is 1. The first-order valence-electron chi connectivity index (χ1n) is 7.37. The van der Waals surface area contributed by atoms with Crippen molar-refractivity contribution in [2.24, 2.45) is 5.41 Å². The molecule has 0 heterocycles. The molecule has 1 amide bonds. The van der Waals surface area contributed by atoms with Crippen molar-refractivity contribution in [3.05, 3.63) is 29.8 Å². The van der Waals surface area contributed by atoms with Crippen LogP contribution in [0.1, 0.15) is 31.7 Å². The third kappa shape index (κ3) is 4.16. The molecule has 0 bridgehead atoms. The average Bonchev–Trinajstić information content (AvgIpc) is 2.82. The molecule has 1 saturated carbocycles. The lowest BCUT2D eigenvalue weighted by Crippen LogP contribution is -2.45. The average molecular weight is 313 g/mol. The van der Waals surface area contributed by atoms with Crippen molar-refractivity contribution in [3.63, 3.8) is 0 Å². The second kappa shape index (κ2) is 7.05. The van der Waals surface area contributed by atoms with Gasteiger partial charge in [0.05, 0.1) is 13.0 Å². The maximum absolute atomic E-state index is 12.1. The molecule has 1 aliphatic carbocycles. The van der Waals surface area contributed by atoms with E-state index in [9.17, 15) is 18.7 Å². The van der Waals surface area contributed by atoms with E-state index in [1.54, 1.807) is 12.1 Å². The van der Waals surface area contributed by atoms with Crippen LogP contribution in [0.3, 0.4) is 0 Å². The molecule has 22 heavy (non-hydrogen) atoms. The molecule has 4 nitrogen and oxygen atoms in total. The first-order valence-corrected chi connectivity index (χ1v) is 7.37. The first kappa shape index (κ1) is 16.7. The lowest BCUT2D eigenvalue weighted by molar-refractivity contribution is -0.122. The van der Waals surface area contributed by atoms with Crippen LogP contribution in [0.4, 0.5) is 8.78 Å². The number of nitrogens with one attached hydrogen (secondary N) is 1. The maximum atomic E-state index is 12.1. The number of aliphatic hydroxyl groups excluding tert-OH is 1. The molecule has 1 fully saturated rings. The van der Waals surface area contributed by atoms with Gasteiger partial charge < -0.3 is 15.2 Å². The molecule has 2 unspecified atom stereocenters. The number of alkyl halides is 2. The van der Waals surface area contributed by atoms with E-state index in [0.29, 0.717) is 0 Å². The minimum Gasteiger partial charge on any atom is -0.435 e. The van der Waals surface area contributed by atoms with Gasteiger partial charge in [0.25, 0.3) is 0 Å². The molecule has 122 valence electrons. The van der Waals surface area contributed by atoms with Crippen LogP contribution in [0, 0.1) is 5.41 Å². The summed E-state index contributed by atoms with van der Waals surface area (Å²) in [6.07, 6.45) is 2.92. The van der Waals surface area contributed by atoms with Crippen LogP contribution in [0.5, 0.6) is 5.75 Å². The number of hydrogen-bond donors (Lipinski definition) is 2. The fourth-order valence-electron chi connectivity index (χ4n) is 2.89. The highest BCUT2D eigenvalue weighted by molar-refractivity contribution is 5.79. The van der Waals surface area contributed by atoms with Crippen molar-refractivity contribution in [1.29, 1.82) is 0 Å². The molecular formula is C16H21F2NO3. The van der Waals surface area contributed by atoms with Gasteiger partial charge >= 0.3 is 6.61 Å². The number of rotatable bonds is 6.